The molecule has 36 heavy (non-hydrogen) atoms. The minimum Gasteiger partial charge on any atom is -0.492 e. The summed E-state index contributed by atoms with van der Waals surface area (Å²) in [5, 5.41) is 52.4. The summed E-state index contributed by atoms with van der Waals surface area (Å²) in [4.78, 5) is 0. The third-order valence-corrected chi connectivity index (χ3v) is 6.17. The smallest absolute Gasteiger partial charge is 0.229 e. The monoisotopic (exact) mass is 503 g/mol. The summed E-state index contributed by atoms with van der Waals surface area (Å²) in [6, 6.07) is 13.1. The number of ether oxygens (including phenoxy) is 3. The maximum atomic E-state index is 10.4. The lowest BCUT2D eigenvalue weighted by atomic mass is 9.99. The van der Waals surface area contributed by atoms with Crippen LogP contribution in [-0.4, -0.2) is 89.1 Å². The summed E-state index contributed by atoms with van der Waals surface area (Å²) in [5.41, 5.74) is 2.62. The zero-order chi connectivity index (χ0) is 25.5. The molecule has 2 heterocycles. The molecular formula is C26H33NO9. The number of hydrogen-bond acceptors (Lipinski definition) is 10. The van der Waals surface area contributed by atoms with Crippen molar-refractivity contribution in [3.63, 3.8) is 0 Å². The standard InChI is InChI=1S/C26H33NO9/c28-12-10-27-11-13-33-18-8-5-16(6-9-18)4-7-17-15-34-19-2-1-3-20(22(17)19)35-26-25(32)24(31)23(30)21(14-29)36-26/h1-3,5-6,8-9,15,21,23-32H,4,7,10-14H2/t21-,23-,24+,25-,26-/m1/s1. The predicted molar refractivity (Wildman–Crippen MR) is 130 cm³/mol. The van der Waals surface area contributed by atoms with Crippen LogP contribution in [0.5, 0.6) is 11.5 Å². The second-order valence-corrected chi connectivity index (χ2v) is 8.67. The minimum atomic E-state index is -1.52. The summed E-state index contributed by atoms with van der Waals surface area (Å²) in [7, 11) is 0. The van der Waals surface area contributed by atoms with Gasteiger partial charge in [-0.15, -0.1) is 0 Å². The zero-order valence-electron chi connectivity index (χ0n) is 19.8. The van der Waals surface area contributed by atoms with Crippen LogP contribution in [0.25, 0.3) is 11.0 Å². The van der Waals surface area contributed by atoms with Crippen molar-refractivity contribution in [3.05, 3.63) is 59.9 Å². The molecule has 1 aliphatic heterocycles. The molecule has 0 unspecified atom stereocenters. The van der Waals surface area contributed by atoms with Crippen molar-refractivity contribution in [3.8, 4) is 11.5 Å². The van der Waals surface area contributed by atoms with Crippen LogP contribution >= 0.6 is 0 Å². The Morgan fingerprint density at radius 2 is 1.69 bits per heavy atom. The molecule has 2 aromatic carbocycles. The highest BCUT2D eigenvalue weighted by Gasteiger charge is 2.44. The molecule has 1 aliphatic rings. The van der Waals surface area contributed by atoms with Gasteiger partial charge < -0.3 is 49.5 Å². The molecule has 0 bridgehead atoms. The molecule has 6 N–H and O–H groups in total. The van der Waals surface area contributed by atoms with Crippen LogP contribution in [0.4, 0.5) is 0 Å². The van der Waals surface area contributed by atoms with Crippen molar-refractivity contribution in [2.45, 2.75) is 43.5 Å². The molecule has 1 saturated heterocycles. The summed E-state index contributed by atoms with van der Waals surface area (Å²) in [5.74, 6) is 1.17. The first-order valence-corrected chi connectivity index (χ1v) is 12.0. The van der Waals surface area contributed by atoms with Gasteiger partial charge in [-0.1, -0.05) is 18.2 Å². The van der Waals surface area contributed by atoms with E-state index < -0.39 is 37.3 Å². The third-order valence-electron chi connectivity index (χ3n) is 6.17. The van der Waals surface area contributed by atoms with E-state index in [-0.39, 0.29) is 6.61 Å². The molecule has 0 radical (unpaired) electrons. The van der Waals surface area contributed by atoms with Gasteiger partial charge in [0.2, 0.25) is 6.29 Å². The number of rotatable bonds is 12. The summed E-state index contributed by atoms with van der Waals surface area (Å²) in [6.07, 6.45) is -3.74. The van der Waals surface area contributed by atoms with E-state index in [4.69, 9.17) is 23.7 Å². The van der Waals surface area contributed by atoms with Crippen LogP contribution in [0.1, 0.15) is 11.1 Å². The van der Waals surface area contributed by atoms with E-state index >= 15 is 0 Å². The van der Waals surface area contributed by atoms with Crippen molar-refractivity contribution >= 4 is 11.0 Å². The molecule has 10 nitrogen and oxygen atoms in total. The van der Waals surface area contributed by atoms with E-state index in [9.17, 15) is 20.4 Å². The van der Waals surface area contributed by atoms with Crippen molar-refractivity contribution in [2.75, 3.05) is 32.9 Å². The average molecular weight is 504 g/mol. The topological polar surface area (TPSA) is 154 Å². The SMILES string of the molecule is OCCNCCOc1ccc(CCc2coc3cccc(O[C@@H]4O[C@H](CO)[C@@H](O)[C@H](O)[C@H]4O)c23)cc1. The quantitative estimate of drug-likeness (QED) is 0.191. The zero-order valence-corrected chi connectivity index (χ0v) is 19.8. The predicted octanol–water partition coefficient (Wildman–Crippen LogP) is 0.357. The van der Waals surface area contributed by atoms with Crippen molar-refractivity contribution in [1.82, 2.24) is 5.32 Å². The number of nitrogens with one attached hydrogen (secondary N) is 1. The fraction of sp³-hybridized carbons (Fsp3) is 0.462. The van der Waals surface area contributed by atoms with E-state index in [2.05, 4.69) is 5.32 Å². The number of benzene rings is 2. The highest BCUT2D eigenvalue weighted by atomic mass is 16.7. The first-order valence-electron chi connectivity index (χ1n) is 12.0. The van der Waals surface area contributed by atoms with E-state index in [1.165, 1.54) is 0 Å². The fourth-order valence-corrected chi connectivity index (χ4v) is 4.17. The van der Waals surface area contributed by atoms with Gasteiger partial charge in [-0.2, -0.15) is 0 Å². The molecule has 196 valence electrons. The Balaban J connectivity index is 1.41. The largest absolute Gasteiger partial charge is 0.492 e. The van der Waals surface area contributed by atoms with Gasteiger partial charge in [0.1, 0.15) is 48.1 Å². The molecule has 1 fully saturated rings. The molecular weight excluding hydrogens is 470 g/mol. The van der Waals surface area contributed by atoms with E-state index in [0.29, 0.717) is 37.4 Å². The minimum absolute atomic E-state index is 0.0992. The molecule has 5 atom stereocenters. The Morgan fingerprint density at radius 1 is 0.889 bits per heavy atom. The first kappa shape index (κ1) is 26.4. The maximum absolute atomic E-state index is 10.4. The normalized spacial score (nSPS) is 24.2. The van der Waals surface area contributed by atoms with Crippen LogP contribution in [-0.2, 0) is 17.6 Å². The molecule has 0 amide bonds. The Kier molecular flexibility index (Phi) is 9.16. The van der Waals surface area contributed by atoms with Gasteiger partial charge in [0.05, 0.1) is 24.9 Å². The number of fused-ring (bicyclic) bond motifs is 1. The first-order chi connectivity index (χ1) is 17.5. The van der Waals surface area contributed by atoms with Gasteiger partial charge in [-0.05, 0) is 42.7 Å². The molecule has 3 aromatic rings. The molecule has 10 heteroatoms. The maximum Gasteiger partial charge on any atom is 0.229 e. The lowest BCUT2D eigenvalue weighted by Gasteiger charge is -2.39. The lowest BCUT2D eigenvalue weighted by molar-refractivity contribution is -0.277. The van der Waals surface area contributed by atoms with Crippen molar-refractivity contribution < 1.29 is 44.2 Å². The summed E-state index contributed by atoms with van der Waals surface area (Å²) >= 11 is 0. The Labute approximate surface area is 208 Å². The molecule has 0 saturated carbocycles. The highest BCUT2D eigenvalue weighted by molar-refractivity contribution is 5.87. The van der Waals surface area contributed by atoms with Crippen LogP contribution in [0.15, 0.2) is 53.1 Å². The van der Waals surface area contributed by atoms with E-state index in [0.717, 1.165) is 28.7 Å². The third kappa shape index (κ3) is 6.16. The lowest BCUT2D eigenvalue weighted by Crippen LogP contribution is -2.60. The van der Waals surface area contributed by atoms with Crippen LogP contribution in [0.3, 0.4) is 0 Å². The summed E-state index contributed by atoms with van der Waals surface area (Å²) < 4.78 is 22.8. The molecule has 0 aliphatic carbocycles. The van der Waals surface area contributed by atoms with Crippen LogP contribution < -0.4 is 14.8 Å². The van der Waals surface area contributed by atoms with Gasteiger partial charge in [0.15, 0.2) is 0 Å². The van der Waals surface area contributed by atoms with E-state index in [1.807, 2.05) is 24.3 Å². The van der Waals surface area contributed by atoms with Crippen LogP contribution in [0, 0.1) is 0 Å². The Bertz CT molecular complexity index is 1080. The number of aliphatic hydroxyl groups is 5. The Morgan fingerprint density at radius 3 is 2.44 bits per heavy atom. The van der Waals surface area contributed by atoms with Gasteiger partial charge >= 0.3 is 0 Å². The summed E-state index contributed by atoms with van der Waals surface area (Å²) in [6.45, 7) is 1.28. The number of aliphatic hydroxyl groups excluding tert-OH is 5. The fourth-order valence-electron chi connectivity index (χ4n) is 4.17. The Hall–Kier alpha value is -2.70. The van der Waals surface area contributed by atoms with Gasteiger partial charge in [0, 0.05) is 18.7 Å². The molecule has 4 rings (SSSR count). The average Bonchev–Trinajstić information content (AvgIpc) is 3.32. The van der Waals surface area contributed by atoms with E-state index in [1.54, 1.807) is 24.5 Å². The van der Waals surface area contributed by atoms with Gasteiger partial charge in [0.25, 0.3) is 0 Å². The second-order valence-electron chi connectivity index (χ2n) is 8.67. The highest BCUT2D eigenvalue weighted by Crippen LogP contribution is 2.34. The molecule has 1 aromatic heterocycles. The molecule has 0 spiro atoms. The van der Waals surface area contributed by atoms with Crippen molar-refractivity contribution in [2.24, 2.45) is 0 Å². The van der Waals surface area contributed by atoms with Gasteiger partial charge in [-0.25, -0.2) is 0 Å². The number of aryl methyl sites for hydroxylation is 2. The number of hydrogen-bond donors (Lipinski definition) is 6. The van der Waals surface area contributed by atoms with Crippen molar-refractivity contribution in [1.29, 1.82) is 0 Å². The van der Waals surface area contributed by atoms with Crippen LogP contribution in [0.2, 0.25) is 0 Å². The second kappa shape index (κ2) is 12.5. The number of furan rings is 1. The van der Waals surface area contributed by atoms with Gasteiger partial charge in [-0.3, -0.25) is 0 Å².